The molecule has 164 valence electrons. The van der Waals surface area contributed by atoms with Crippen LogP contribution in [0.5, 0.6) is 5.75 Å². The molecule has 0 saturated carbocycles. The van der Waals surface area contributed by atoms with E-state index in [1.807, 2.05) is 39.8 Å². The average Bonchev–Trinajstić information content (AvgIpc) is 2.68. The molecule has 1 aromatic carbocycles. The number of nitrogens with one attached hydrogen (secondary N) is 1. The minimum Gasteiger partial charge on any atom is -0.483 e. The number of nitrogens with zero attached hydrogens (tertiary/aromatic N) is 2. The van der Waals surface area contributed by atoms with Crippen LogP contribution in [-0.4, -0.2) is 42.3 Å². The zero-order valence-corrected chi connectivity index (χ0v) is 18.2. The summed E-state index contributed by atoms with van der Waals surface area (Å²) in [5.41, 5.74) is 6.71. The van der Waals surface area contributed by atoms with Gasteiger partial charge in [-0.15, -0.1) is 0 Å². The topological polar surface area (TPSA) is 120 Å². The molecule has 0 spiro atoms. The van der Waals surface area contributed by atoms with Crippen LogP contribution >= 0.6 is 0 Å². The maximum atomic E-state index is 13.0. The predicted octanol–water partition coefficient (Wildman–Crippen LogP) is 1.45. The first-order chi connectivity index (χ1) is 14.2. The van der Waals surface area contributed by atoms with Crippen LogP contribution in [-0.2, 0) is 16.1 Å². The third kappa shape index (κ3) is 5.29. The molecule has 0 radical (unpaired) electrons. The first-order valence-electron chi connectivity index (χ1n) is 9.78. The molecule has 0 aliphatic carbocycles. The van der Waals surface area contributed by atoms with Crippen LogP contribution in [0.3, 0.4) is 0 Å². The Morgan fingerprint density at radius 2 is 1.97 bits per heavy atom. The van der Waals surface area contributed by atoms with Crippen molar-refractivity contribution in [2.24, 2.45) is 5.92 Å². The van der Waals surface area contributed by atoms with Gasteiger partial charge in [-0.3, -0.25) is 24.0 Å². The number of nitrogens with two attached hydrogens (primary N) is 1. The van der Waals surface area contributed by atoms with Gasteiger partial charge in [0.25, 0.3) is 11.5 Å². The van der Waals surface area contributed by atoms with E-state index >= 15 is 0 Å². The normalized spacial score (nSPS) is 11.0. The van der Waals surface area contributed by atoms with Crippen molar-refractivity contribution in [2.75, 3.05) is 37.5 Å². The number of hydrogen-bond acceptors (Lipinski definition) is 6. The first kappa shape index (κ1) is 23.2. The lowest BCUT2D eigenvalue weighted by Gasteiger charge is -2.25. The summed E-state index contributed by atoms with van der Waals surface area (Å²) in [6.07, 6.45) is 0. The molecule has 9 heteroatoms. The summed E-state index contributed by atoms with van der Waals surface area (Å²) in [4.78, 5) is 41.2. The van der Waals surface area contributed by atoms with Crippen LogP contribution in [0.1, 0.15) is 25.0 Å². The van der Waals surface area contributed by atoms with E-state index in [9.17, 15) is 14.4 Å². The summed E-state index contributed by atoms with van der Waals surface area (Å²) < 4.78 is 12.1. The van der Waals surface area contributed by atoms with Gasteiger partial charge >= 0.3 is 5.69 Å². The summed E-state index contributed by atoms with van der Waals surface area (Å²) >= 11 is 0. The summed E-state index contributed by atoms with van der Waals surface area (Å²) in [6.45, 7) is 7.96. The molecular formula is C21H30N4O5. The third-order valence-electron chi connectivity index (χ3n) is 4.76. The molecule has 1 amide bonds. The van der Waals surface area contributed by atoms with Crippen molar-refractivity contribution in [3.63, 3.8) is 0 Å². The lowest BCUT2D eigenvalue weighted by atomic mass is 10.1. The average molecular weight is 418 g/mol. The minimum absolute atomic E-state index is 0.0614. The fourth-order valence-electron chi connectivity index (χ4n) is 3.03. The van der Waals surface area contributed by atoms with Gasteiger partial charge in [-0.2, -0.15) is 0 Å². The number of methoxy groups -OCH3 is 1. The molecule has 2 rings (SSSR count). The van der Waals surface area contributed by atoms with Gasteiger partial charge in [-0.05, 0) is 37.0 Å². The number of carbonyl (C=O) groups excluding carboxylic acids is 1. The fourth-order valence-corrected chi connectivity index (χ4v) is 3.03. The maximum absolute atomic E-state index is 13.0. The molecule has 1 aromatic heterocycles. The fraction of sp³-hybridized carbons (Fsp3) is 0.476. The molecule has 0 aliphatic rings. The van der Waals surface area contributed by atoms with Crippen LogP contribution < -0.4 is 26.6 Å². The molecule has 0 aliphatic heterocycles. The van der Waals surface area contributed by atoms with Crippen molar-refractivity contribution in [3.8, 4) is 5.75 Å². The number of benzene rings is 1. The maximum Gasteiger partial charge on any atom is 0.330 e. The molecule has 0 bridgehead atoms. The number of anilines is 2. The molecule has 1 heterocycles. The van der Waals surface area contributed by atoms with Crippen LogP contribution in [0.15, 0.2) is 27.8 Å². The summed E-state index contributed by atoms with van der Waals surface area (Å²) in [5.74, 6) is 0.162. The number of aromatic nitrogens is 2. The second-order valence-electron chi connectivity index (χ2n) is 7.52. The Morgan fingerprint density at radius 3 is 2.60 bits per heavy atom. The lowest BCUT2D eigenvalue weighted by Crippen LogP contribution is -2.44. The van der Waals surface area contributed by atoms with Crippen LogP contribution in [0.2, 0.25) is 0 Å². The Hall–Kier alpha value is -3.07. The number of H-pyrrole nitrogens is 1. The largest absolute Gasteiger partial charge is 0.483 e. The van der Waals surface area contributed by atoms with Crippen molar-refractivity contribution in [3.05, 3.63) is 50.2 Å². The third-order valence-corrected chi connectivity index (χ3v) is 4.76. The quantitative estimate of drug-likeness (QED) is 0.636. The number of nitrogen functional groups attached to an aromatic ring is 1. The Balaban J connectivity index is 2.39. The highest BCUT2D eigenvalue weighted by atomic mass is 16.5. The van der Waals surface area contributed by atoms with E-state index in [1.165, 1.54) is 16.6 Å². The standard InChI is InChI=1S/C21H30N4O5/c1-13(2)11-25-19(22)18(20(27)23-21(25)28)24(9-10-29-5)17(26)12-30-16-8-6-7-14(3)15(16)4/h6-8,13H,9-12,22H2,1-5H3,(H,23,27,28). The van der Waals surface area contributed by atoms with E-state index in [2.05, 4.69) is 4.98 Å². The molecular weight excluding hydrogens is 388 g/mol. The second-order valence-corrected chi connectivity index (χ2v) is 7.52. The van der Waals surface area contributed by atoms with Crippen molar-refractivity contribution < 1.29 is 14.3 Å². The Morgan fingerprint density at radius 1 is 1.27 bits per heavy atom. The Kier molecular flexibility index (Phi) is 7.82. The number of amides is 1. The first-order valence-corrected chi connectivity index (χ1v) is 9.78. The summed E-state index contributed by atoms with van der Waals surface area (Å²) in [5, 5.41) is 0. The number of aryl methyl sites for hydroxylation is 1. The van der Waals surface area contributed by atoms with E-state index < -0.39 is 17.2 Å². The predicted molar refractivity (Wildman–Crippen MR) is 116 cm³/mol. The molecule has 0 saturated heterocycles. The number of ether oxygens (including phenoxy) is 2. The molecule has 30 heavy (non-hydrogen) atoms. The van der Waals surface area contributed by atoms with Crippen molar-refractivity contribution in [1.29, 1.82) is 0 Å². The zero-order valence-electron chi connectivity index (χ0n) is 18.2. The molecule has 0 atom stereocenters. The van der Waals surface area contributed by atoms with Gasteiger partial charge in [-0.1, -0.05) is 26.0 Å². The minimum atomic E-state index is -0.728. The highest BCUT2D eigenvalue weighted by Gasteiger charge is 2.25. The molecule has 0 fully saturated rings. The highest BCUT2D eigenvalue weighted by molar-refractivity contribution is 5.96. The summed E-state index contributed by atoms with van der Waals surface area (Å²) in [7, 11) is 1.49. The van der Waals surface area contributed by atoms with Crippen molar-refractivity contribution in [2.45, 2.75) is 34.2 Å². The van der Waals surface area contributed by atoms with Crippen LogP contribution in [0.25, 0.3) is 0 Å². The monoisotopic (exact) mass is 418 g/mol. The van der Waals surface area contributed by atoms with Crippen molar-refractivity contribution >= 4 is 17.4 Å². The van der Waals surface area contributed by atoms with E-state index in [0.29, 0.717) is 12.3 Å². The smallest absolute Gasteiger partial charge is 0.330 e. The van der Waals surface area contributed by atoms with Gasteiger partial charge in [0.05, 0.1) is 6.61 Å². The highest BCUT2D eigenvalue weighted by Crippen LogP contribution is 2.22. The van der Waals surface area contributed by atoms with E-state index in [4.69, 9.17) is 15.2 Å². The molecule has 0 unspecified atom stereocenters. The number of carbonyl (C=O) groups is 1. The zero-order chi connectivity index (χ0) is 22.4. The molecule has 3 N–H and O–H groups in total. The van der Waals surface area contributed by atoms with Crippen LogP contribution in [0.4, 0.5) is 11.5 Å². The van der Waals surface area contributed by atoms with Gasteiger partial charge in [-0.25, -0.2) is 4.79 Å². The van der Waals surface area contributed by atoms with E-state index in [1.54, 1.807) is 6.07 Å². The van der Waals surface area contributed by atoms with Gasteiger partial charge in [0.1, 0.15) is 11.6 Å². The Labute approximate surface area is 175 Å². The molecule has 2 aromatic rings. The van der Waals surface area contributed by atoms with Gasteiger partial charge < -0.3 is 15.2 Å². The molecule has 9 nitrogen and oxygen atoms in total. The SMILES string of the molecule is COCCN(C(=O)COc1cccc(C)c1C)c1c(N)n(CC(C)C)c(=O)[nH]c1=O. The van der Waals surface area contributed by atoms with E-state index in [0.717, 1.165) is 11.1 Å². The lowest BCUT2D eigenvalue weighted by molar-refractivity contribution is -0.120. The summed E-state index contributed by atoms with van der Waals surface area (Å²) in [6, 6.07) is 5.57. The van der Waals surface area contributed by atoms with Crippen molar-refractivity contribution in [1.82, 2.24) is 9.55 Å². The number of aromatic amines is 1. The number of hydrogen-bond donors (Lipinski definition) is 2. The number of rotatable bonds is 9. The Bertz CT molecular complexity index is 1010. The van der Waals surface area contributed by atoms with Gasteiger partial charge in [0, 0.05) is 20.2 Å². The van der Waals surface area contributed by atoms with Gasteiger partial charge in [0.15, 0.2) is 12.3 Å². The van der Waals surface area contributed by atoms with Gasteiger partial charge in [0.2, 0.25) is 0 Å². The van der Waals surface area contributed by atoms with E-state index in [-0.39, 0.29) is 37.2 Å². The van der Waals surface area contributed by atoms with Crippen LogP contribution in [0, 0.1) is 19.8 Å². The second kappa shape index (κ2) is 10.1.